The highest BCUT2D eigenvalue weighted by molar-refractivity contribution is 5.97. The minimum absolute atomic E-state index is 0.139. The molecule has 0 saturated heterocycles. The summed E-state index contributed by atoms with van der Waals surface area (Å²) in [5.74, 6) is 0.139. The topological polar surface area (TPSA) is 17.1 Å². The fourth-order valence-electron chi connectivity index (χ4n) is 1.23. The van der Waals surface area contributed by atoms with Crippen molar-refractivity contribution in [1.29, 1.82) is 0 Å². The molecule has 0 aliphatic rings. The summed E-state index contributed by atoms with van der Waals surface area (Å²) in [4.78, 5) is 11.2. The number of hydrogen-bond donors (Lipinski definition) is 0. The fourth-order valence-corrected chi connectivity index (χ4v) is 1.23. The smallest absolute Gasteiger partial charge is 0.159 e. The van der Waals surface area contributed by atoms with Crippen molar-refractivity contribution in [3.8, 4) is 0 Å². The molecule has 0 aromatic rings. The number of carbonyl (C=O) groups is 1. The van der Waals surface area contributed by atoms with Crippen molar-refractivity contribution >= 4 is 5.78 Å². The Labute approximate surface area is 80.8 Å². The largest absolute Gasteiger partial charge is 0.295 e. The highest BCUT2D eigenvalue weighted by Gasteiger charge is 2.05. The highest BCUT2D eigenvalue weighted by atomic mass is 16.1. The molecular weight excluding hydrogens is 160 g/mol. The molecule has 1 nitrogen and oxygen atoms in total. The van der Waals surface area contributed by atoms with Crippen molar-refractivity contribution in [1.82, 2.24) is 0 Å². The average molecular weight is 178 g/mol. The molecule has 0 unspecified atom stereocenters. The van der Waals surface area contributed by atoms with Crippen LogP contribution in [0.3, 0.4) is 0 Å². The van der Waals surface area contributed by atoms with E-state index in [1.165, 1.54) is 0 Å². The maximum atomic E-state index is 11.2. The van der Waals surface area contributed by atoms with Gasteiger partial charge in [-0.1, -0.05) is 31.2 Å². The van der Waals surface area contributed by atoms with E-state index >= 15 is 0 Å². The summed E-state index contributed by atoms with van der Waals surface area (Å²) < 4.78 is 0. The summed E-state index contributed by atoms with van der Waals surface area (Å²) >= 11 is 0. The van der Waals surface area contributed by atoms with Crippen molar-refractivity contribution in [2.75, 3.05) is 0 Å². The summed E-state index contributed by atoms with van der Waals surface area (Å²) in [5, 5.41) is 0. The van der Waals surface area contributed by atoms with Crippen LogP contribution in [0.4, 0.5) is 0 Å². The first-order valence-corrected chi connectivity index (χ1v) is 4.66. The molecule has 0 aliphatic carbocycles. The monoisotopic (exact) mass is 178 g/mol. The summed E-state index contributed by atoms with van der Waals surface area (Å²) in [6.07, 6.45) is 8.69. The van der Waals surface area contributed by atoms with Crippen molar-refractivity contribution in [3.63, 3.8) is 0 Å². The molecule has 0 radical (unpaired) electrons. The predicted octanol–water partition coefficient (Wildman–Crippen LogP) is 3.43. The quantitative estimate of drug-likeness (QED) is 0.476. The van der Waals surface area contributed by atoms with Crippen LogP contribution in [-0.4, -0.2) is 5.78 Å². The maximum Gasteiger partial charge on any atom is 0.159 e. The fraction of sp³-hybridized carbons (Fsp3) is 0.417. The molecule has 0 atom stereocenters. The van der Waals surface area contributed by atoms with Crippen LogP contribution in [0, 0.1) is 0 Å². The summed E-state index contributed by atoms with van der Waals surface area (Å²) in [6.45, 7) is 7.53. The number of ketones is 1. The molecule has 0 fully saturated rings. The lowest BCUT2D eigenvalue weighted by Gasteiger charge is -2.04. The second kappa shape index (κ2) is 6.41. The third-order valence-corrected chi connectivity index (χ3v) is 1.88. The molecule has 0 N–H and O–H groups in total. The number of hydrogen-bond acceptors (Lipinski definition) is 1. The third-order valence-electron chi connectivity index (χ3n) is 1.88. The van der Waals surface area contributed by atoms with Crippen molar-refractivity contribution in [2.45, 2.75) is 34.1 Å². The normalized spacial score (nSPS) is 13.8. The molecule has 0 aromatic carbocycles. The first kappa shape index (κ1) is 11.9. The first-order chi connectivity index (χ1) is 6.17. The Hall–Kier alpha value is -1.11. The molecule has 0 heterocycles. The zero-order chi connectivity index (χ0) is 10.3. The van der Waals surface area contributed by atoms with Crippen LogP contribution in [0.1, 0.15) is 34.1 Å². The van der Waals surface area contributed by atoms with Crippen LogP contribution < -0.4 is 0 Å². The molecule has 1 heteroatoms. The molecule has 13 heavy (non-hydrogen) atoms. The molecule has 0 amide bonds. The van der Waals surface area contributed by atoms with Gasteiger partial charge in [0, 0.05) is 5.57 Å². The van der Waals surface area contributed by atoms with E-state index < -0.39 is 0 Å². The van der Waals surface area contributed by atoms with Gasteiger partial charge in [0.2, 0.25) is 0 Å². The van der Waals surface area contributed by atoms with Gasteiger partial charge >= 0.3 is 0 Å². The van der Waals surface area contributed by atoms with Gasteiger partial charge in [-0.05, 0) is 32.8 Å². The van der Waals surface area contributed by atoms with Crippen molar-refractivity contribution in [2.24, 2.45) is 0 Å². The molecule has 0 aliphatic heterocycles. The van der Waals surface area contributed by atoms with Crippen LogP contribution in [0.5, 0.6) is 0 Å². The lowest BCUT2D eigenvalue weighted by Crippen LogP contribution is -1.99. The summed E-state index contributed by atoms with van der Waals surface area (Å²) in [7, 11) is 0. The van der Waals surface area contributed by atoms with Gasteiger partial charge in [-0.3, -0.25) is 4.79 Å². The first-order valence-electron chi connectivity index (χ1n) is 4.66. The second-order valence-corrected chi connectivity index (χ2v) is 2.83. The molecule has 0 aromatic heterocycles. The van der Waals surface area contributed by atoms with E-state index in [0.29, 0.717) is 0 Å². The molecule has 0 rings (SSSR count). The Kier molecular flexibility index (Phi) is 5.86. The lowest BCUT2D eigenvalue weighted by atomic mass is 10.00. The standard InChI is InChI=1S/C12H18O/c1-5-8-9-11(6-2)12(7-3)10(4)13/h5,7-9H,6H2,1-4H3/b8-5-,11-9-,12-7-. The van der Waals surface area contributed by atoms with Crippen LogP contribution in [0.15, 0.2) is 35.5 Å². The lowest BCUT2D eigenvalue weighted by molar-refractivity contribution is -0.113. The summed E-state index contributed by atoms with van der Waals surface area (Å²) in [5.41, 5.74) is 1.94. The van der Waals surface area contributed by atoms with Crippen molar-refractivity contribution < 1.29 is 4.79 Å². The Morgan fingerprint density at radius 3 is 2.23 bits per heavy atom. The van der Waals surface area contributed by atoms with Crippen LogP contribution >= 0.6 is 0 Å². The van der Waals surface area contributed by atoms with E-state index in [4.69, 9.17) is 0 Å². The Morgan fingerprint density at radius 2 is 1.92 bits per heavy atom. The van der Waals surface area contributed by atoms with Gasteiger partial charge in [-0.2, -0.15) is 0 Å². The Morgan fingerprint density at radius 1 is 1.31 bits per heavy atom. The number of Topliss-reactive ketones (excluding diaryl/α,β-unsaturated/α-hetero) is 1. The van der Waals surface area contributed by atoms with Gasteiger partial charge in [-0.25, -0.2) is 0 Å². The second-order valence-electron chi connectivity index (χ2n) is 2.83. The van der Waals surface area contributed by atoms with Crippen molar-refractivity contribution in [3.05, 3.63) is 35.5 Å². The van der Waals surface area contributed by atoms with Gasteiger partial charge in [-0.15, -0.1) is 0 Å². The van der Waals surface area contributed by atoms with Gasteiger partial charge in [0.1, 0.15) is 0 Å². The number of carbonyl (C=O) groups excluding carboxylic acids is 1. The van der Waals surface area contributed by atoms with E-state index in [9.17, 15) is 4.79 Å². The van der Waals surface area contributed by atoms with Gasteiger partial charge < -0.3 is 0 Å². The van der Waals surface area contributed by atoms with E-state index in [0.717, 1.165) is 17.6 Å². The van der Waals surface area contributed by atoms with E-state index in [2.05, 4.69) is 6.92 Å². The Bertz CT molecular complexity index is 254. The predicted molar refractivity (Wildman–Crippen MR) is 57.6 cm³/mol. The van der Waals surface area contributed by atoms with Gasteiger partial charge in [0.15, 0.2) is 5.78 Å². The molecule has 0 bridgehead atoms. The molecule has 0 spiro atoms. The Balaban J connectivity index is 4.85. The van der Waals surface area contributed by atoms with E-state index in [1.54, 1.807) is 6.92 Å². The van der Waals surface area contributed by atoms with Gasteiger partial charge in [0.05, 0.1) is 0 Å². The number of rotatable bonds is 4. The third kappa shape index (κ3) is 3.88. The minimum Gasteiger partial charge on any atom is -0.295 e. The summed E-state index contributed by atoms with van der Waals surface area (Å²) in [6, 6.07) is 0. The highest BCUT2D eigenvalue weighted by Crippen LogP contribution is 2.14. The molecular formula is C12H18O. The van der Waals surface area contributed by atoms with E-state index in [-0.39, 0.29) is 5.78 Å². The van der Waals surface area contributed by atoms with Gasteiger partial charge in [0.25, 0.3) is 0 Å². The van der Waals surface area contributed by atoms with Crippen LogP contribution in [-0.2, 0) is 4.79 Å². The maximum absolute atomic E-state index is 11.2. The minimum atomic E-state index is 0.139. The zero-order valence-corrected chi connectivity index (χ0v) is 8.92. The van der Waals surface area contributed by atoms with Crippen LogP contribution in [0.2, 0.25) is 0 Å². The zero-order valence-electron chi connectivity index (χ0n) is 8.92. The SMILES string of the molecule is C\C=C/C=C(CC)\C(=C/C)C(C)=O. The molecule has 0 saturated carbocycles. The number of allylic oxidation sites excluding steroid dienone is 6. The van der Waals surface area contributed by atoms with E-state index in [1.807, 2.05) is 38.2 Å². The van der Waals surface area contributed by atoms with Crippen LogP contribution in [0.25, 0.3) is 0 Å². The molecule has 72 valence electrons. The average Bonchev–Trinajstić information content (AvgIpc) is 2.11.